The molecule has 3 aromatic carbocycles. The highest BCUT2D eigenvalue weighted by molar-refractivity contribution is 6.04. The molecule has 0 aliphatic rings. The summed E-state index contributed by atoms with van der Waals surface area (Å²) in [6.07, 6.45) is 2.98. The molecule has 0 aliphatic carbocycles. The number of hydrogen-bond acceptors (Lipinski definition) is 4. The van der Waals surface area contributed by atoms with Gasteiger partial charge in [0.1, 0.15) is 5.82 Å². The summed E-state index contributed by atoms with van der Waals surface area (Å²) in [5.41, 5.74) is 3.83. The van der Waals surface area contributed by atoms with Gasteiger partial charge in [0.25, 0.3) is 11.8 Å². The first-order valence-corrected chi connectivity index (χ1v) is 10.6. The van der Waals surface area contributed by atoms with Gasteiger partial charge in [-0.2, -0.15) is 0 Å². The quantitative estimate of drug-likeness (QED) is 0.269. The van der Waals surface area contributed by atoms with Crippen LogP contribution in [0.25, 0.3) is 6.08 Å². The molecule has 0 radical (unpaired) electrons. The highest BCUT2D eigenvalue weighted by Gasteiger charge is 2.18. The van der Waals surface area contributed by atoms with Crippen molar-refractivity contribution in [3.05, 3.63) is 113 Å². The largest absolute Gasteiger partial charge is 0.324 e. The lowest BCUT2D eigenvalue weighted by Crippen LogP contribution is -2.43. The van der Waals surface area contributed by atoms with Gasteiger partial charge in [-0.25, -0.2) is 14.7 Å². The number of hydroxylamine groups is 1. The van der Waals surface area contributed by atoms with Gasteiger partial charge in [-0.05, 0) is 47.4 Å². The van der Waals surface area contributed by atoms with E-state index in [-0.39, 0.29) is 25.3 Å². The van der Waals surface area contributed by atoms with Crippen LogP contribution in [0.5, 0.6) is 0 Å². The van der Waals surface area contributed by atoms with Crippen LogP contribution in [0.1, 0.15) is 27.0 Å². The van der Waals surface area contributed by atoms with E-state index in [9.17, 15) is 18.8 Å². The smallest absolute Gasteiger partial charge is 0.320 e. The van der Waals surface area contributed by atoms with Crippen molar-refractivity contribution in [2.45, 2.75) is 13.0 Å². The van der Waals surface area contributed by atoms with Crippen LogP contribution in [0.15, 0.2) is 84.9 Å². The predicted octanol–water partition coefficient (Wildman–Crippen LogP) is 3.94. The molecule has 4 amide bonds. The molecule has 0 aromatic heterocycles. The summed E-state index contributed by atoms with van der Waals surface area (Å²) in [5, 5.41) is 10.9. The maximum Gasteiger partial charge on any atom is 0.324 e. The normalized spacial score (nSPS) is 10.6. The molecule has 0 unspecified atom stereocenters. The first kappa shape index (κ1) is 24.3. The summed E-state index contributed by atoms with van der Waals surface area (Å²) >= 11 is 0. The average Bonchev–Trinajstić information content (AvgIpc) is 2.87. The zero-order chi connectivity index (χ0) is 24.3. The number of carbonyl (C=O) groups excluding carboxylic acids is 3. The Labute approximate surface area is 196 Å². The number of amides is 4. The first-order valence-electron chi connectivity index (χ1n) is 10.6. The molecule has 34 heavy (non-hydrogen) atoms. The Hall–Kier alpha value is -4.30. The Bertz CT molecular complexity index is 1160. The summed E-state index contributed by atoms with van der Waals surface area (Å²) in [4.78, 5) is 38.0. The van der Waals surface area contributed by atoms with Crippen molar-refractivity contribution >= 4 is 23.9 Å². The van der Waals surface area contributed by atoms with Gasteiger partial charge in [-0.1, -0.05) is 60.7 Å². The van der Waals surface area contributed by atoms with E-state index in [2.05, 4.69) is 5.32 Å². The number of benzene rings is 3. The van der Waals surface area contributed by atoms with Crippen LogP contribution in [0.2, 0.25) is 0 Å². The van der Waals surface area contributed by atoms with Crippen LogP contribution < -0.4 is 10.8 Å². The van der Waals surface area contributed by atoms with Crippen LogP contribution >= 0.6 is 0 Å². The lowest BCUT2D eigenvalue weighted by atomic mass is 10.1. The van der Waals surface area contributed by atoms with Gasteiger partial charge in [0.15, 0.2) is 0 Å². The van der Waals surface area contributed by atoms with E-state index < -0.39 is 17.8 Å². The highest BCUT2D eigenvalue weighted by Crippen LogP contribution is 2.13. The summed E-state index contributed by atoms with van der Waals surface area (Å²) in [7, 11) is 0. The molecule has 3 N–H and O–H groups in total. The fourth-order valence-corrected chi connectivity index (χ4v) is 3.21. The fourth-order valence-electron chi connectivity index (χ4n) is 3.21. The second-order valence-electron chi connectivity index (χ2n) is 7.44. The summed E-state index contributed by atoms with van der Waals surface area (Å²) in [6.45, 7) is 0.372. The second kappa shape index (κ2) is 12.1. The maximum absolute atomic E-state index is 14.1. The van der Waals surface area contributed by atoms with E-state index in [4.69, 9.17) is 5.21 Å². The Morgan fingerprint density at radius 2 is 1.59 bits per heavy atom. The summed E-state index contributed by atoms with van der Waals surface area (Å²) in [6, 6.07) is 21.2. The van der Waals surface area contributed by atoms with Gasteiger partial charge in [0.05, 0.1) is 0 Å². The minimum Gasteiger partial charge on any atom is -0.320 e. The molecule has 3 rings (SSSR count). The topological polar surface area (TPSA) is 98.7 Å². The van der Waals surface area contributed by atoms with Crippen LogP contribution in [-0.2, 0) is 17.8 Å². The van der Waals surface area contributed by atoms with Crippen LogP contribution in [0.4, 0.5) is 9.18 Å². The Morgan fingerprint density at radius 1 is 0.912 bits per heavy atom. The van der Waals surface area contributed by atoms with E-state index in [1.165, 1.54) is 28.6 Å². The molecule has 7 nitrogen and oxygen atoms in total. The molecule has 0 aliphatic heterocycles. The molecule has 0 heterocycles. The summed E-state index contributed by atoms with van der Waals surface area (Å²) in [5.74, 6) is -1.53. The molecule has 0 atom stereocenters. The van der Waals surface area contributed by atoms with Gasteiger partial charge in [0.2, 0.25) is 0 Å². The predicted molar refractivity (Wildman–Crippen MR) is 125 cm³/mol. The minimum atomic E-state index is -0.650. The fraction of sp³-hybridized carbons (Fsp3) is 0.115. The van der Waals surface area contributed by atoms with Crippen LogP contribution in [-0.4, -0.2) is 34.5 Å². The van der Waals surface area contributed by atoms with E-state index in [1.807, 2.05) is 0 Å². The molecule has 174 valence electrons. The molecule has 8 heteroatoms. The monoisotopic (exact) mass is 461 g/mol. The van der Waals surface area contributed by atoms with Gasteiger partial charge < -0.3 is 4.90 Å². The summed E-state index contributed by atoms with van der Waals surface area (Å²) < 4.78 is 14.1. The molecule has 0 spiro atoms. The first-order chi connectivity index (χ1) is 16.5. The standard InChI is InChI=1S/C26H24FN3O4/c27-23-9-5-4-6-21(23)16-17-30(26(33)28-25(32)22-7-2-1-3-8-22)18-20-12-10-19(11-13-20)14-15-24(31)29-34/h1-15,34H,16-18H2,(H,29,31)(H,28,32,33)/b15-14+. The molecular weight excluding hydrogens is 437 g/mol. The number of imide groups is 1. The number of urea groups is 1. The van der Waals surface area contributed by atoms with Crippen LogP contribution in [0.3, 0.4) is 0 Å². The van der Waals surface area contributed by atoms with E-state index in [1.54, 1.807) is 72.8 Å². The number of halogens is 1. The molecular formula is C26H24FN3O4. The van der Waals surface area contributed by atoms with Crippen molar-refractivity contribution in [2.75, 3.05) is 6.54 Å². The maximum atomic E-state index is 14.1. The van der Waals surface area contributed by atoms with E-state index in [0.717, 1.165) is 5.56 Å². The average molecular weight is 461 g/mol. The SMILES string of the molecule is O=C(/C=C/c1ccc(CN(CCc2ccccc2F)C(=O)NC(=O)c2ccccc2)cc1)NO. The number of rotatable bonds is 8. The Morgan fingerprint density at radius 3 is 2.26 bits per heavy atom. The Kier molecular flexibility index (Phi) is 8.65. The minimum absolute atomic E-state index is 0.184. The highest BCUT2D eigenvalue weighted by atomic mass is 19.1. The second-order valence-corrected chi connectivity index (χ2v) is 7.44. The molecule has 0 saturated heterocycles. The number of carbonyl (C=O) groups is 3. The third kappa shape index (κ3) is 7.11. The van der Waals surface area contributed by atoms with Gasteiger partial charge in [-0.15, -0.1) is 0 Å². The third-order valence-electron chi connectivity index (χ3n) is 5.04. The number of hydrogen-bond donors (Lipinski definition) is 3. The molecule has 3 aromatic rings. The van der Waals surface area contributed by atoms with E-state index in [0.29, 0.717) is 16.7 Å². The Balaban J connectivity index is 1.73. The number of nitrogens with one attached hydrogen (secondary N) is 2. The van der Waals surface area contributed by atoms with Gasteiger partial charge in [-0.3, -0.25) is 20.1 Å². The zero-order valence-electron chi connectivity index (χ0n) is 18.3. The van der Waals surface area contributed by atoms with Crippen molar-refractivity contribution in [1.29, 1.82) is 0 Å². The lowest BCUT2D eigenvalue weighted by molar-refractivity contribution is -0.124. The van der Waals surface area contributed by atoms with Crippen LogP contribution in [0, 0.1) is 5.82 Å². The lowest BCUT2D eigenvalue weighted by Gasteiger charge is -2.23. The zero-order valence-corrected chi connectivity index (χ0v) is 18.3. The van der Waals surface area contributed by atoms with Crippen molar-refractivity contribution in [2.24, 2.45) is 0 Å². The van der Waals surface area contributed by atoms with Crippen molar-refractivity contribution in [1.82, 2.24) is 15.7 Å². The van der Waals surface area contributed by atoms with Gasteiger partial charge >= 0.3 is 6.03 Å². The van der Waals surface area contributed by atoms with Gasteiger partial charge in [0, 0.05) is 24.7 Å². The van der Waals surface area contributed by atoms with E-state index >= 15 is 0 Å². The molecule has 0 fully saturated rings. The molecule has 0 saturated carbocycles. The molecule has 0 bridgehead atoms. The van der Waals surface area contributed by atoms with Crippen molar-refractivity contribution < 1.29 is 24.0 Å². The van der Waals surface area contributed by atoms with Crippen molar-refractivity contribution in [3.8, 4) is 0 Å². The van der Waals surface area contributed by atoms with Crippen molar-refractivity contribution in [3.63, 3.8) is 0 Å². The number of nitrogens with zero attached hydrogens (tertiary/aromatic N) is 1. The third-order valence-corrected chi connectivity index (χ3v) is 5.04.